The minimum absolute atomic E-state index is 0.220. The van der Waals surface area contributed by atoms with Gasteiger partial charge in [0.15, 0.2) is 0 Å². The van der Waals surface area contributed by atoms with Crippen LogP contribution in [0.15, 0.2) is 42.6 Å². The van der Waals surface area contributed by atoms with Crippen molar-refractivity contribution in [3.05, 3.63) is 53.9 Å². The number of aromatic nitrogens is 1. The van der Waals surface area contributed by atoms with E-state index >= 15 is 0 Å². The average molecular weight is 283 g/mol. The Kier molecular flexibility index (Phi) is 3.48. The van der Waals surface area contributed by atoms with E-state index in [0.717, 1.165) is 18.8 Å². The molecule has 0 fully saturated rings. The second kappa shape index (κ2) is 5.44. The van der Waals surface area contributed by atoms with Crippen molar-refractivity contribution in [1.29, 1.82) is 0 Å². The lowest BCUT2D eigenvalue weighted by atomic mass is 10.1. The first-order valence-electron chi connectivity index (χ1n) is 6.88. The van der Waals surface area contributed by atoms with Crippen LogP contribution in [0.25, 0.3) is 0 Å². The number of aromatic carboxylic acids is 1. The number of hydrogen-bond acceptors (Lipinski definition) is 4. The molecule has 1 N–H and O–H groups in total. The summed E-state index contributed by atoms with van der Waals surface area (Å²) in [6.45, 7) is 2.57. The van der Waals surface area contributed by atoms with Gasteiger partial charge in [-0.3, -0.25) is 4.98 Å². The SMILES string of the molecule is CN1CCN(Cc2ccc(C(=O)O)cn2)c2ccccc21. The predicted octanol–water partition coefficient (Wildman–Crippen LogP) is 2.24. The van der Waals surface area contributed by atoms with Crippen LogP contribution in [0.5, 0.6) is 0 Å². The molecule has 1 aromatic heterocycles. The van der Waals surface area contributed by atoms with Crippen molar-refractivity contribution >= 4 is 17.3 Å². The maximum atomic E-state index is 10.8. The van der Waals surface area contributed by atoms with Gasteiger partial charge in [0.05, 0.1) is 29.2 Å². The summed E-state index contributed by atoms with van der Waals surface area (Å²) in [5.41, 5.74) is 3.50. The fourth-order valence-electron chi connectivity index (χ4n) is 2.57. The van der Waals surface area contributed by atoms with Gasteiger partial charge in [-0.05, 0) is 24.3 Å². The standard InChI is InChI=1S/C16H17N3O2/c1-18-8-9-19(15-5-3-2-4-14(15)18)11-13-7-6-12(10-17-13)16(20)21/h2-7,10H,8-9,11H2,1H3,(H,20,21). The molecule has 2 aromatic rings. The van der Waals surface area contributed by atoms with Crippen molar-refractivity contribution < 1.29 is 9.90 Å². The van der Waals surface area contributed by atoms with Gasteiger partial charge in [0.1, 0.15) is 0 Å². The highest BCUT2D eigenvalue weighted by Gasteiger charge is 2.20. The van der Waals surface area contributed by atoms with Gasteiger partial charge in [-0.25, -0.2) is 4.79 Å². The van der Waals surface area contributed by atoms with E-state index in [1.54, 1.807) is 12.1 Å². The molecule has 0 bridgehead atoms. The van der Waals surface area contributed by atoms with Crippen LogP contribution in [0.1, 0.15) is 16.1 Å². The van der Waals surface area contributed by atoms with E-state index in [9.17, 15) is 4.79 Å². The van der Waals surface area contributed by atoms with Crippen molar-refractivity contribution in [2.75, 3.05) is 29.9 Å². The topological polar surface area (TPSA) is 56.7 Å². The molecule has 3 rings (SSSR count). The number of likely N-dealkylation sites (N-methyl/N-ethyl adjacent to an activating group) is 1. The average Bonchev–Trinajstić information content (AvgIpc) is 2.51. The minimum atomic E-state index is -0.945. The quantitative estimate of drug-likeness (QED) is 0.936. The molecule has 0 amide bonds. The molecule has 1 aromatic carbocycles. The number of carboxylic acids is 1. The van der Waals surface area contributed by atoms with Crippen molar-refractivity contribution in [1.82, 2.24) is 4.98 Å². The maximum Gasteiger partial charge on any atom is 0.337 e. The van der Waals surface area contributed by atoms with E-state index < -0.39 is 5.97 Å². The van der Waals surface area contributed by atoms with E-state index in [0.29, 0.717) is 6.54 Å². The summed E-state index contributed by atoms with van der Waals surface area (Å²) in [5, 5.41) is 8.90. The summed E-state index contributed by atoms with van der Waals surface area (Å²) >= 11 is 0. The number of benzene rings is 1. The molecule has 21 heavy (non-hydrogen) atoms. The molecule has 108 valence electrons. The number of anilines is 2. The van der Waals surface area contributed by atoms with Crippen LogP contribution in [0.2, 0.25) is 0 Å². The van der Waals surface area contributed by atoms with Gasteiger partial charge >= 0.3 is 5.97 Å². The summed E-state index contributed by atoms with van der Waals surface area (Å²) in [6, 6.07) is 11.7. The largest absolute Gasteiger partial charge is 0.478 e. The smallest absolute Gasteiger partial charge is 0.337 e. The summed E-state index contributed by atoms with van der Waals surface area (Å²) in [7, 11) is 2.09. The summed E-state index contributed by atoms with van der Waals surface area (Å²) < 4.78 is 0. The Morgan fingerprint density at radius 2 is 1.95 bits per heavy atom. The van der Waals surface area contributed by atoms with Gasteiger partial charge in [-0.2, -0.15) is 0 Å². The Balaban J connectivity index is 1.82. The monoisotopic (exact) mass is 283 g/mol. The van der Waals surface area contributed by atoms with Crippen molar-refractivity contribution in [2.24, 2.45) is 0 Å². The Hall–Kier alpha value is -2.56. The Labute approximate surface area is 123 Å². The Morgan fingerprint density at radius 3 is 2.62 bits per heavy atom. The number of fused-ring (bicyclic) bond motifs is 1. The van der Waals surface area contributed by atoms with E-state index in [4.69, 9.17) is 5.11 Å². The van der Waals surface area contributed by atoms with Crippen LogP contribution in [0.3, 0.4) is 0 Å². The zero-order chi connectivity index (χ0) is 14.8. The van der Waals surface area contributed by atoms with E-state index in [-0.39, 0.29) is 5.56 Å². The third-order valence-corrected chi connectivity index (χ3v) is 3.76. The fourth-order valence-corrected chi connectivity index (χ4v) is 2.57. The number of pyridine rings is 1. The lowest BCUT2D eigenvalue weighted by Crippen LogP contribution is -2.38. The van der Waals surface area contributed by atoms with Crippen molar-refractivity contribution in [3.8, 4) is 0 Å². The highest BCUT2D eigenvalue weighted by Crippen LogP contribution is 2.32. The molecule has 0 spiro atoms. The molecule has 0 saturated carbocycles. The fraction of sp³-hybridized carbons (Fsp3) is 0.250. The van der Waals surface area contributed by atoms with Gasteiger partial charge in [0.25, 0.3) is 0 Å². The molecule has 0 unspecified atom stereocenters. The van der Waals surface area contributed by atoms with Gasteiger partial charge < -0.3 is 14.9 Å². The highest BCUT2D eigenvalue weighted by atomic mass is 16.4. The first-order valence-corrected chi connectivity index (χ1v) is 6.88. The Morgan fingerprint density at radius 1 is 1.19 bits per heavy atom. The zero-order valence-electron chi connectivity index (χ0n) is 11.9. The van der Waals surface area contributed by atoms with Crippen LogP contribution >= 0.6 is 0 Å². The number of nitrogens with zero attached hydrogens (tertiary/aromatic N) is 3. The normalized spacial score (nSPS) is 14.0. The highest BCUT2D eigenvalue weighted by molar-refractivity contribution is 5.87. The molecule has 0 aliphatic carbocycles. The van der Waals surface area contributed by atoms with Crippen LogP contribution in [-0.2, 0) is 6.54 Å². The molecule has 2 heterocycles. The van der Waals surface area contributed by atoms with Gasteiger partial charge in [0.2, 0.25) is 0 Å². The number of rotatable bonds is 3. The maximum absolute atomic E-state index is 10.8. The molecular weight excluding hydrogens is 266 g/mol. The molecule has 5 nitrogen and oxygen atoms in total. The molecular formula is C16H17N3O2. The molecule has 0 saturated heterocycles. The van der Waals surface area contributed by atoms with Crippen LogP contribution < -0.4 is 9.80 Å². The molecule has 1 aliphatic heterocycles. The summed E-state index contributed by atoms with van der Waals surface area (Å²) in [5.74, 6) is -0.945. The third-order valence-electron chi connectivity index (χ3n) is 3.76. The van der Waals surface area contributed by atoms with Crippen LogP contribution in [0, 0.1) is 0 Å². The second-order valence-electron chi connectivity index (χ2n) is 5.18. The number of carbonyl (C=O) groups is 1. The number of carboxylic acid groups (broad SMARTS) is 1. The van der Waals surface area contributed by atoms with E-state index in [2.05, 4.69) is 34.0 Å². The minimum Gasteiger partial charge on any atom is -0.478 e. The van der Waals surface area contributed by atoms with E-state index in [1.165, 1.54) is 17.6 Å². The predicted molar refractivity (Wildman–Crippen MR) is 82.0 cm³/mol. The Bertz CT molecular complexity index is 655. The lowest BCUT2D eigenvalue weighted by Gasteiger charge is -2.36. The van der Waals surface area contributed by atoms with Gasteiger partial charge in [-0.15, -0.1) is 0 Å². The lowest BCUT2D eigenvalue weighted by molar-refractivity contribution is 0.0696. The van der Waals surface area contributed by atoms with Crippen molar-refractivity contribution in [2.45, 2.75) is 6.54 Å². The molecule has 0 radical (unpaired) electrons. The second-order valence-corrected chi connectivity index (χ2v) is 5.18. The first-order chi connectivity index (χ1) is 10.1. The van der Waals surface area contributed by atoms with Crippen LogP contribution in [-0.4, -0.2) is 36.2 Å². The number of para-hydroxylation sites is 2. The van der Waals surface area contributed by atoms with E-state index in [1.807, 2.05) is 12.1 Å². The van der Waals surface area contributed by atoms with Gasteiger partial charge in [0, 0.05) is 26.3 Å². The number of hydrogen-bond donors (Lipinski definition) is 1. The van der Waals surface area contributed by atoms with Crippen molar-refractivity contribution in [3.63, 3.8) is 0 Å². The molecule has 0 atom stereocenters. The third kappa shape index (κ3) is 2.67. The molecule has 5 heteroatoms. The molecule has 1 aliphatic rings. The first kappa shape index (κ1) is 13.4. The van der Waals surface area contributed by atoms with Crippen LogP contribution in [0.4, 0.5) is 11.4 Å². The summed E-state index contributed by atoms with van der Waals surface area (Å²) in [4.78, 5) is 19.6. The zero-order valence-corrected chi connectivity index (χ0v) is 11.9. The summed E-state index contributed by atoms with van der Waals surface area (Å²) in [6.07, 6.45) is 1.42. The van der Waals surface area contributed by atoms with Gasteiger partial charge in [-0.1, -0.05) is 12.1 Å².